The van der Waals surface area contributed by atoms with Crippen LogP contribution in [0, 0.1) is 6.92 Å². The van der Waals surface area contributed by atoms with Gasteiger partial charge >= 0.3 is 0 Å². The zero-order valence-electron chi connectivity index (χ0n) is 18.7. The Labute approximate surface area is 194 Å². The number of methoxy groups -OCH3 is 1. The summed E-state index contributed by atoms with van der Waals surface area (Å²) in [5.41, 5.74) is 2.59. The maximum absolute atomic E-state index is 12.6. The molecule has 0 aliphatic rings. The van der Waals surface area contributed by atoms with Gasteiger partial charge in [0, 0.05) is 13.1 Å². The number of aryl methyl sites for hydroxylation is 1. The molecule has 0 bridgehead atoms. The Balaban J connectivity index is 1.47. The second kappa shape index (κ2) is 11.5. The van der Waals surface area contributed by atoms with E-state index in [1.807, 2.05) is 54.6 Å². The summed E-state index contributed by atoms with van der Waals surface area (Å²) in [7, 11) is -2.05. The fraction of sp³-hybridized carbons (Fsp3) is 0.240. The van der Waals surface area contributed by atoms with Crippen LogP contribution in [-0.4, -0.2) is 34.6 Å². The van der Waals surface area contributed by atoms with Crippen molar-refractivity contribution in [1.29, 1.82) is 0 Å². The van der Waals surface area contributed by atoms with Crippen molar-refractivity contribution in [3.05, 3.63) is 89.5 Å². The molecule has 0 unspecified atom stereocenters. The summed E-state index contributed by atoms with van der Waals surface area (Å²) in [5, 5.41) is 2.82. The van der Waals surface area contributed by atoms with Crippen LogP contribution in [0.15, 0.2) is 77.7 Å². The third-order valence-electron chi connectivity index (χ3n) is 5.02. The highest BCUT2D eigenvalue weighted by Gasteiger charge is 2.15. The van der Waals surface area contributed by atoms with E-state index in [9.17, 15) is 13.2 Å². The topological polar surface area (TPSA) is 93.7 Å². The lowest BCUT2D eigenvalue weighted by Gasteiger charge is -2.12. The maximum atomic E-state index is 12.6. The molecule has 3 aromatic carbocycles. The normalized spacial score (nSPS) is 11.1. The molecule has 2 N–H and O–H groups in total. The number of benzene rings is 3. The van der Waals surface area contributed by atoms with Crippen LogP contribution in [0.5, 0.6) is 11.5 Å². The van der Waals surface area contributed by atoms with Crippen LogP contribution < -0.4 is 19.5 Å². The standard InChI is InChI=1S/C25H28N2O5S/c1-19-16-23(33(29,30)27-17-21-6-4-3-5-7-21)12-13-24(19)32-18-25(28)26-15-14-20-8-10-22(31-2)11-9-20/h3-13,16,27H,14-15,17-18H2,1-2H3,(H,26,28). The van der Waals surface area contributed by atoms with Crippen molar-refractivity contribution >= 4 is 15.9 Å². The number of carbonyl (C=O) groups is 1. The van der Waals surface area contributed by atoms with Gasteiger partial charge in [0.05, 0.1) is 12.0 Å². The number of carbonyl (C=O) groups excluding carboxylic acids is 1. The molecule has 0 atom stereocenters. The van der Waals surface area contributed by atoms with Crippen molar-refractivity contribution in [2.45, 2.75) is 24.8 Å². The second-order valence-corrected chi connectivity index (χ2v) is 9.24. The highest BCUT2D eigenvalue weighted by atomic mass is 32.2. The van der Waals surface area contributed by atoms with Gasteiger partial charge in [0.1, 0.15) is 11.5 Å². The maximum Gasteiger partial charge on any atom is 0.257 e. The Hall–Kier alpha value is -3.36. The van der Waals surface area contributed by atoms with Crippen LogP contribution in [0.3, 0.4) is 0 Å². The molecule has 8 heteroatoms. The first-order valence-electron chi connectivity index (χ1n) is 10.5. The lowest BCUT2D eigenvalue weighted by Crippen LogP contribution is -2.30. The summed E-state index contributed by atoms with van der Waals surface area (Å²) in [6.07, 6.45) is 0.692. The number of hydrogen-bond donors (Lipinski definition) is 2. The minimum absolute atomic E-state index is 0.146. The van der Waals surface area contributed by atoms with E-state index < -0.39 is 10.0 Å². The quantitative estimate of drug-likeness (QED) is 0.451. The summed E-state index contributed by atoms with van der Waals surface area (Å²) >= 11 is 0. The summed E-state index contributed by atoms with van der Waals surface area (Å²) in [6.45, 7) is 2.28. The Bertz CT molecular complexity index is 1160. The van der Waals surface area contributed by atoms with Crippen molar-refractivity contribution < 1.29 is 22.7 Å². The minimum Gasteiger partial charge on any atom is -0.497 e. The molecule has 7 nitrogen and oxygen atoms in total. The predicted molar refractivity (Wildman–Crippen MR) is 127 cm³/mol. The molecule has 0 fully saturated rings. The van der Waals surface area contributed by atoms with E-state index in [2.05, 4.69) is 10.0 Å². The van der Waals surface area contributed by atoms with Crippen LogP contribution in [0.2, 0.25) is 0 Å². The molecule has 33 heavy (non-hydrogen) atoms. The number of rotatable bonds is 11. The Morgan fingerprint density at radius 3 is 2.33 bits per heavy atom. The van der Waals surface area contributed by atoms with Crippen molar-refractivity contribution in [1.82, 2.24) is 10.0 Å². The van der Waals surface area contributed by atoms with Gasteiger partial charge in [-0.25, -0.2) is 13.1 Å². The highest BCUT2D eigenvalue weighted by Crippen LogP contribution is 2.22. The third-order valence-corrected chi connectivity index (χ3v) is 6.42. The molecule has 174 valence electrons. The first-order chi connectivity index (χ1) is 15.9. The van der Waals surface area contributed by atoms with Crippen molar-refractivity contribution in [2.24, 2.45) is 0 Å². The summed E-state index contributed by atoms with van der Waals surface area (Å²) in [5.74, 6) is 1.00. The second-order valence-electron chi connectivity index (χ2n) is 7.47. The Kier molecular flexibility index (Phi) is 8.46. The van der Waals surface area contributed by atoms with E-state index in [1.165, 1.54) is 12.1 Å². The lowest BCUT2D eigenvalue weighted by molar-refractivity contribution is -0.123. The first kappa shape index (κ1) is 24.3. The van der Waals surface area contributed by atoms with Gasteiger partial charge in [0.2, 0.25) is 10.0 Å². The number of nitrogens with one attached hydrogen (secondary N) is 2. The zero-order valence-corrected chi connectivity index (χ0v) is 19.5. The fourth-order valence-corrected chi connectivity index (χ4v) is 4.24. The van der Waals surface area contributed by atoms with Gasteiger partial charge in [0.15, 0.2) is 6.61 Å². The Morgan fingerprint density at radius 1 is 0.939 bits per heavy atom. The lowest BCUT2D eigenvalue weighted by atomic mass is 10.1. The molecule has 0 spiro atoms. The SMILES string of the molecule is COc1ccc(CCNC(=O)COc2ccc(S(=O)(=O)NCc3ccccc3)cc2C)cc1. The smallest absolute Gasteiger partial charge is 0.257 e. The number of amides is 1. The first-order valence-corrected chi connectivity index (χ1v) is 12.0. The van der Waals surface area contributed by atoms with Gasteiger partial charge in [-0.15, -0.1) is 0 Å². The van der Waals surface area contributed by atoms with Crippen LogP contribution in [0.4, 0.5) is 0 Å². The third kappa shape index (κ3) is 7.34. The number of sulfonamides is 1. The molecule has 0 heterocycles. The molecule has 0 aliphatic heterocycles. The summed E-state index contributed by atoms with van der Waals surface area (Å²) < 4.78 is 38.5. The van der Waals surface area contributed by atoms with E-state index in [0.717, 1.165) is 16.9 Å². The molecular weight excluding hydrogens is 440 g/mol. The Morgan fingerprint density at radius 2 is 1.67 bits per heavy atom. The number of ether oxygens (including phenoxy) is 2. The van der Waals surface area contributed by atoms with Gasteiger partial charge in [-0.1, -0.05) is 42.5 Å². The molecule has 3 aromatic rings. The van der Waals surface area contributed by atoms with E-state index in [-0.39, 0.29) is 24.0 Å². The molecule has 0 aliphatic carbocycles. The van der Waals surface area contributed by atoms with Gasteiger partial charge in [-0.3, -0.25) is 4.79 Å². The van der Waals surface area contributed by atoms with Crippen LogP contribution in [0.1, 0.15) is 16.7 Å². The van der Waals surface area contributed by atoms with Crippen LogP contribution in [0.25, 0.3) is 0 Å². The molecule has 0 radical (unpaired) electrons. The van der Waals surface area contributed by atoms with Crippen molar-refractivity contribution in [2.75, 3.05) is 20.3 Å². The predicted octanol–water partition coefficient (Wildman–Crippen LogP) is 3.22. The van der Waals surface area contributed by atoms with Crippen molar-refractivity contribution in [3.8, 4) is 11.5 Å². The fourth-order valence-electron chi connectivity index (χ4n) is 3.14. The van der Waals surface area contributed by atoms with E-state index >= 15 is 0 Å². The zero-order chi connectivity index (χ0) is 23.7. The van der Waals surface area contributed by atoms with Gasteiger partial charge in [-0.2, -0.15) is 0 Å². The van der Waals surface area contributed by atoms with E-state index in [1.54, 1.807) is 20.1 Å². The average Bonchev–Trinajstić information content (AvgIpc) is 2.83. The monoisotopic (exact) mass is 468 g/mol. The van der Waals surface area contributed by atoms with Gasteiger partial charge in [0.25, 0.3) is 5.91 Å². The van der Waals surface area contributed by atoms with Gasteiger partial charge < -0.3 is 14.8 Å². The molecule has 3 rings (SSSR count). The highest BCUT2D eigenvalue weighted by molar-refractivity contribution is 7.89. The average molecular weight is 469 g/mol. The van der Waals surface area contributed by atoms with E-state index in [0.29, 0.717) is 24.3 Å². The summed E-state index contributed by atoms with van der Waals surface area (Å²) in [6, 6.07) is 21.5. The molecule has 1 amide bonds. The minimum atomic E-state index is -3.66. The van der Waals surface area contributed by atoms with E-state index in [4.69, 9.17) is 9.47 Å². The van der Waals surface area contributed by atoms with Crippen LogP contribution in [-0.2, 0) is 27.8 Å². The number of hydrogen-bond acceptors (Lipinski definition) is 5. The molecular formula is C25H28N2O5S. The summed E-state index contributed by atoms with van der Waals surface area (Å²) in [4.78, 5) is 12.2. The largest absolute Gasteiger partial charge is 0.497 e. The van der Waals surface area contributed by atoms with Gasteiger partial charge in [-0.05, 0) is 60.4 Å². The van der Waals surface area contributed by atoms with Crippen LogP contribution >= 0.6 is 0 Å². The molecule has 0 aromatic heterocycles. The molecule has 0 saturated carbocycles. The molecule has 0 saturated heterocycles. The van der Waals surface area contributed by atoms with Crippen molar-refractivity contribution in [3.63, 3.8) is 0 Å².